The summed E-state index contributed by atoms with van der Waals surface area (Å²) in [6.45, 7) is 3.52. The first-order chi connectivity index (χ1) is 15.1. The van der Waals surface area contributed by atoms with Crippen LogP contribution in [0.5, 0.6) is 5.75 Å². The van der Waals surface area contributed by atoms with Crippen LogP contribution in [0.3, 0.4) is 0 Å². The molecule has 2 aromatic carbocycles. The maximum Gasteiger partial charge on any atom is 0.253 e. The summed E-state index contributed by atoms with van der Waals surface area (Å²) in [4.78, 5) is 29.0. The van der Waals surface area contributed by atoms with Gasteiger partial charge in [0.1, 0.15) is 11.6 Å². The highest BCUT2D eigenvalue weighted by Crippen LogP contribution is 2.22. The molecule has 2 aliphatic rings. The molecule has 0 spiro atoms. The SMILES string of the molecule is O=C(Cc1cccc(F)c1)N1CCC[C@@H](COc2cccc(C(=O)N3CCCC3)c2)C1. The lowest BCUT2D eigenvalue weighted by Gasteiger charge is -2.32. The van der Waals surface area contributed by atoms with E-state index in [0.717, 1.165) is 45.3 Å². The normalized spacial score (nSPS) is 18.8. The van der Waals surface area contributed by atoms with Crippen molar-refractivity contribution in [2.75, 3.05) is 32.8 Å². The van der Waals surface area contributed by atoms with Crippen LogP contribution in [0.1, 0.15) is 41.6 Å². The molecule has 31 heavy (non-hydrogen) atoms. The van der Waals surface area contributed by atoms with Crippen molar-refractivity contribution in [2.24, 2.45) is 5.92 Å². The van der Waals surface area contributed by atoms with Gasteiger partial charge in [-0.2, -0.15) is 0 Å². The van der Waals surface area contributed by atoms with Crippen LogP contribution in [0, 0.1) is 11.7 Å². The van der Waals surface area contributed by atoms with Crippen LogP contribution in [-0.4, -0.2) is 54.4 Å². The third-order valence-corrected chi connectivity index (χ3v) is 6.08. The van der Waals surface area contributed by atoms with Crippen LogP contribution in [-0.2, 0) is 11.2 Å². The van der Waals surface area contributed by atoms with E-state index in [0.29, 0.717) is 30.0 Å². The molecule has 0 aromatic heterocycles. The quantitative estimate of drug-likeness (QED) is 0.706. The summed E-state index contributed by atoms with van der Waals surface area (Å²) in [5.41, 5.74) is 1.36. The van der Waals surface area contributed by atoms with E-state index in [1.54, 1.807) is 12.1 Å². The molecule has 2 saturated heterocycles. The molecule has 2 amide bonds. The van der Waals surface area contributed by atoms with E-state index in [1.165, 1.54) is 12.1 Å². The van der Waals surface area contributed by atoms with Crippen molar-refractivity contribution < 1.29 is 18.7 Å². The number of likely N-dealkylation sites (tertiary alicyclic amines) is 2. The van der Waals surface area contributed by atoms with Gasteiger partial charge in [-0.3, -0.25) is 9.59 Å². The lowest BCUT2D eigenvalue weighted by Crippen LogP contribution is -2.42. The van der Waals surface area contributed by atoms with Gasteiger partial charge in [-0.25, -0.2) is 4.39 Å². The Morgan fingerprint density at radius 3 is 2.55 bits per heavy atom. The van der Waals surface area contributed by atoms with Crippen molar-refractivity contribution in [3.8, 4) is 5.75 Å². The molecule has 1 atom stereocenters. The topological polar surface area (TPSA) is 49.9 Å². The van der Waals surface area contributed by atoms with Crippen LogP contribution in [0.15, 0.2) is 48.5 Å². The predicted octanol–water partition coefficient (Wildman–Crippen LogP) is 3.92. The smallest absolute Gasteiger partial charge is 0.253 e. The van der Waals surface area contributed by atoms with E-state index in [-0.39, 0.29) is 30.0 Å². The highest BCUT2D eigenvalue weighted by molar-refractivity contribution is 5.94. The first kappa shape index (κ1) is 21.3. The zero-order chi connectivity index (χ0) is 21.6. The van der Waals surface area contributed by atoms with E-state index in [9.17, 15) is 14.0 Å². The summed E-state index contributed by atoms with van der Waals surface area (Å²) in [6, 6.07) is 13.6. The zero-order valence-corrected chi connectivity index (χ0v) is 17.8. The third kappa shape index (κ3) is 5.63. The summed E-state index contributed by atoms with van der Waals surface area (Å²) in [5.74, 6) is 0.695. The van der Waals surface area contributed by atoms with Gasteiger partial charge in [0.2, 0.25) is 5.91 Å². The Labute approximate surface area is 182 Å². The van der Waals surface area contributed by atoms with Crippen molar-refractivity contribution in [3.05, 3.63) is 65.5 Å². The third-order valence-electron chi connectivity index (χ3n) is 6.08. The largest absolute Gasteiger partial charge is 0.493 e. The minimum atomic E-state index is -0.319. The number of piperidine rings is 1. The number of carbonyl (C=O) groups excluding carboxylic acids is 2. The standard InChI is InChI=1S/C25H29FN2O3/c26-22-9-3-6-19(14-22)15-24(29)28-13-5-7-20(17-28)18-31-23-10-4-8-21(16-23)25(30)27-11-1-2-12-27/h3-4,6,8-10,14,16,20H,1-2,5,7,11-13,15,17-18H2/t20-/m1/s1. The predicted molar refractivity (Wildman–Crippen MR) is 116 cm³/mol. The molecule has 0 saturated carbocycles. The number of nitrogens with zero attached hydrogens (tertiary/aromatic N) is 2. The van der Waals surface area contributed by atoms with Crippen LogP contribution < -0.4 is 4.74 Å². The number of rotatable bonds is 6. The molecule has 2 aromatic rings. The highest BCUT2D eigenvalue weighted by atomic mass is 19.1. The van der Waals surface area contributed by atoms with Gasteiger partial charge in [-0.05, 0) is 61.6 Å². The van der Waals surface area contributed by atoms with Crippen molar-refractivity contribution in [1.29, 1.82) is 0 Å². The van der Waals surface area contributed by atoms with Crippen molar-refractivity contribution in [1.82, 2.24) is 9.80 Å². The lowest BCUT2D eigenvalue weighted by molar-refractivity contribution is -0.132. The van der Waals surface area contributed by atoms with Gasteiger partial charge in [0.15, 0.2) is 0 Å². The Bertz CT molecular complexity index is 926. The average Bonchev–Trinajstić information content (AvgIpc) is 3.33. The maximum atomic E-state index is 13.4. The Morgan fingerprint density at radius 2 is 1.74 bits per heavy atom. The fourth-order valence-electron chi connectivity index (χ4n) is 4.40. The summed E-state index contributed by atoms with van der Waals surface area (Å²) >= 11 is 0. The van der Waals surface area contributed by atoms with Gasteiger partial charge >= 0.3 is 0 Å². The number of amides is 2. The van der Waals surface area contributed by atoms with Crippen molar-refractivity contribution >= 4 is 11.8 Å². The second-order valence-corrected chi connectivity index (χ2v) is 8.49. The molecule has 0 unspecified atom stereocenters. The van der Waals surface area contributed by atoms with Gasteiger partial charge in [0, 0.05) is 37.7 Å². The number of hydrogen-bond acceptors (Lipinski definition) is 3. The summed E-state index contributed by atoms with van der Waals surface area (Å²) in [5, 5.41) is 0. The van der Waals surface area contributed by atoms with E-state index in [4.69, 9.17) is 4.74 Å². The molecular formula is C25H29FN2O3. The zero-order valence-electron chi connectivity index (χ0n) is 17.8. The maximum absolute atomic E-state index is 13.4. The first-order valence-corrected chi connectivity index (χ1v) is 11.1. The lowest BCUT2D eigenvalue weighted by atomic mass is 9.98. The first-order valence-electron chi connectivity index (χ1n) is 11.1. The van der Waals surface area contributed by atoms with Gasteiger partial charge < -0.3 is 14.5 Å². The summed E-state index contributed by atoms with van der Waals surface area (Å²) in [7, 11) is 0. The molecular weight excluding hydrogens is 395 g/mol. The minimum absolute atomic E-state index is 0.0218. The molecule has 5 nitrogen and oxygen atoms in total. The van der Waals surface area contributed by atoms with E-state index in [2.05, 4.69) is 0 Å². The molecule has 2 fully saturated rings. The second kappa shape index (κ2) is 9.94. The summed E-state index contributed by atoms with van der Waals surface area (Å²) < 4.78 is 19.4. The minimum Gasteiger partial charge on any atom is -0.493 e. The molecule has 0 N–H and O–H groups in total. The average molecular weight is 425 g/mol. The van der Waals surface area contributed by atoms with Crippen LogP contribution in [0.2, 0.25) is 0 Å². The van der Waals surface area contributed by atoms with Crippen molar-refractivity contribution in [3.63, 3.8) is 0 Å². The fourth-order valence-corrected chi connectivity index (χ4v) is 4.40. The number of carbonyl (C=O) groups is 2. The fraction of sp³-hybridized carbons (Fsp3) is 0.440. The molecule has 0 aliphatic carbocycles. The van der Waals surface area contributed by atoms with Gasteiger partial charge in [-0.15, -0.1) is 0 Å². The molecule has 164 valence electrons. The van der Waals surface area contributed by atoms with Crippen LogP contribution in [0.25, 0.3) is 0 Å². The van der Waals surface area contributed by atoms with E-state index >= 15 is 0 Å². The second-order valence-electron chi connectivity index (χ2n) is 8.49. The molecule has 6 heteroatoms. The molecule has 2 heterocycles. The monoisotopic (exact) mass is 424 g/mol. The number of hydrogen-bond donors (Lipinski definition) is 0. The van der Waals surface area contributed by atoms with Crippen LogP contribution in [0.4, 0.5) is 4.39 Å². The molecule has 2 aliphatic heterocycles. The number of halogens is 1. The van der Waals surface area contributed by atoms with E-state index in [1.807, 2.05) is 34.1 Å². The summed E-state index contributed by atoms with van der Waals surface area (Å²) in [6.07, 6.45) is 4.27. The Kier molecular flexibility index (Phi) is 6.85. The van der Waals surface area contributed by atoms with Crippen molar-refractivity contribution in [2.45, 2.75) is 32.1 Å². The van der Waals surface area contributed by atoms with Gasteiger partial charge in [0.25, 0.3) is 5.91 Å². The molecule has 0 radical (unpaired) electrons. The molecule has 0 bridgehead atoms. The Morgan fingerprint density at radius 1 is 0.968 bits per heavy atom. The highest BCUT2D eigenvalue weighted by Gasteiger charge is 2.25. The Hall–Kier alpha value is -2.89. The number of benzene rings is 2. The van der Waals surface area contributed by atoms with Gasteiger partial charge in [0.05, 0.1) is 13.0 Å². The van der Waals surface area contributed by atoms with Crippen LogP contribution >= 0.6 is 0 Å². The van der Waals surface area contributed by atoms with E-state index < -0.39 is 0 Å². The number of ether oxygens (including phenoxy) is 1. The Balaban J connectivity index is 1.30. The molecule has 4 rings (SSSR count). The van der Waals surface area contributed by atoms with Gasteiger partial charge in [-0.1, -0.05) is 18.2 Å².